The Morgan fingerprint density at radius 3 is 1.16 bits per heavy atom. The minimum Gasteiger partial charge on any atom is -0.256 e. The Hall–Kier alpha value is -7.68. The molecule has 0 amide bonds. The zero-order chi connectivity index (χ0) is 37.6. The van der Waals surface area contributed by atoms with Gasteiger partial charge in [-0.05, 0) is 181 Å². The largest absolute Gasteiger partial charge is 0.256 e. The number of fused-ring (bicyclic) bond motifs is 13. The van der Waals surface area contributed by atoms with Crippen molar-refractivity contribution in [1.29, 1.82) is 0 Å². The van der Waals surface area contributed by atoms with Gasteiger partial charge >= 0.3 is 0 Å². The fourth-order valence-corrected chi connectivity index (χ4v) is 10.7. The normalized spacial score (nSPS) is 12.5. The number of hydrogen-bond acceptors (Lipinski definition) is 2. The molecule has 0 saturated heterocycles. The van der Waals surface area contributed by atoms with E-state index in [4.69, 9.17) is 9.97 Å². The first-order valence-electron chi connectivity index (χ1n) is 20.1. The molecular formula is C56H30N2. The van der Waals surface area contributed by atoms with Crippen LogP contribution in [0.5, 0.6) is 0 Å². The summed E-state index contributed by atoms with van der Waals surface area (Å²) in [5.74, 6) is 0. The van der Waals surface area contributed by atoms with Gasteiger partial charge in [0.1, 0.15) is 0 Å². The van der Waals surface area contributed by atoms with E-state index >= 15 is 0 Å². The van der Waals surface area contributed by atoms with Crippen LogP contribution >= 0.6 is 0 Å². The van der Waals surface area contributed by atoms with Gasteiger partial charge in [-0.1, -0.05) is 109 Å². The van der Waals surface area contributed by atoms with E-state index in [1.165, 1.54) is 121 Å². The molecule has 2 aromatic heterocycles. The summed E-state index contributed by atoms with van der Waals surface area (Å²) in [4.78, 5) is 9.63. The van der Waals surface area contributed by atoms with Crippen molar-refractivity contribution in [1.82, 2.24) is 9.97 Å². The van der Waals surface area contributed by atoms with Crippen molar-refractivity contribution in [3.8, 4) is 66.8 Å². The van der Waals surface area contributed by atoms with Gasteiger partial charge in [0.25, 0.3) is 0 Å². The predicted molar refractivity (Wildman–Crippen MR) is 244 cm³/mol. The maximum atomic E-state index is 4.81. The van der Waals surface area contributed by atoms with Gasteiger partial charge in [-0.2, -0.15) is 0 Å². The summed E-state index contributed by atoms with van der Waals surface area (Å²) in [5.41, 5.74) is 17.3. The van der Waals surface area contributed by atoms with Gasteiger partial charge in [0.15, 0.2) is 0 Å². The number of hydrogen-bond donors (Lipinski definition) is 0. The molecule has 58 heavy (non-hydrogen) atoms. The molecule has 2 heteroatoms. The molecule has 0 bridgehead atoms. The summed E-state index contributed by atoms with van der Waals surface area (Å²) in [6.07, 6.45) is 3.87. The third kappa shape index (κ3) is 3.91. The molecule has 2 aliphatic rings. The first-order valence-corrected chi connectivity index (χ1v) is 20.1. The van der Waals surface area contributed by atoms with E-state index in [2.05, 4.69) is 170 Å². The molecule has 0 unspecified atom stereocenters. The smallest absolute Gasteiger partial charge is 0.0708 e. The second kappa shape index (κ2) is 11.0. The van der Waals surface area contributed by atoms with Crippen molar-refractivity contribution in [3.05, 3.63) is 182 Å². The molecule has 0 radical (unpaired) electrons. The van der Waals surface area contributed by atoms with Crippen LogP contribution in [0.2, 0.25) is 0 Å². The monoisotopic (exact) mass is 730 g/mol. The number of pyridine rings is 2. The topological polar surface area (TPSA) is 25.8 Å². The predicted octanol–water partition coefficient (Wildman–Crippen LogP) is 15.2. The number of rotatable bonds is 2. The fourth-order valence-electron chi connectivity index (χ4n) is 10.7. The number of nitrogens with zero attached hydrogens (tertiary/aromatic N) is 2. The molecular weight excluding hydrogens is 701 g/mol. The van der Waals surface area contributed by atoms with Gasteiger partial charge in [-0.3, -0.25) is 9.97 Å². The Balaban J connectivity index is 1.20. The van der Waals surface area contributed by atoms with Crippen molar-refractivity contribution in [2.45, 2.75) is 0 Å². The molecule has 14 rings (SSSR count). The lowest BCUT2D eigenvalue weighted by Gasteiger charge is -2.19. The van der Waals surface area contributed by atoms with Crippen molar-refractivity contribution >= 4 is 75.7 Å². The van der Waals surface area contributed by atoms with E-state index in [0.717, 1.165) is 21.8 Å². The van der Waals surface area contributed by atoms with Crippen LogP contribution in [0.25, 0.3) is 142 Å². The van der Waals surface area contributed by atoms with Crippen molar-refractivity contribution in [3.63, 3.8) is 0 Å². The number of para-hydroxylation sites is 1. The summed E-state index contributed by atoms with van der Waals surface area (Å²) >= 11 is 0. The SMILES string of the molecule is c1cc2c3c(cccc3c1)-c1cc3c(cc1-2)c(-c1cccc2ncccc12)cc1c2cc4c(cc2c(-c2ccnc5ccccc25)cc31)-c1cccc2cccc-4c12. The van der Waals surface area contributed by atoms with Crippen molar-refractivity contribution in [2.24, 2.45) is 0 Å². The molecule has 0 saturated carbocycles. The molecule has 264 valence electrons. The van der Waals surface area contributed by atoms with Gasteiger partial charge in [0.2, 0.25) is 0 Å². The zero-order valence-corrected chi connectivity index (χ0v) is 31.2. The third-order valence-corrected chi connectivity index (χ3v) is 13.2. The number of benzene rings is 10. The van der Waals surface area contributed by atoms with Crippen LogP contribution in [0.4, 0.5) is 0 Å². The maximum absolute atomic E-state index is 4.81. The highest BCUT2D eigenvalue weighted by Crippen LogP contribution is 2.54. The van der Waals surface area contributed by atoms with Gasteiger partial charge in [-0.25, -0.2) is 0 Å². The molecule has 0 aliphatic heterocycles. The van der Waals surface area contributed by atoms with E-state index in [1.54, 1.807) is 0 Å². The van der Waals surface area contributed by atoms with E-state index in [-0.39, 0.29) is 0 Å². The highest BCUT2D eigenvalue weighted by molar-refractivity contribution is 6.30. The van der Waals surface area contributed by atoms with E-state index in [1.807, 2.05) is 12.4 Å². The lowest BCUT2D eigenvalue weighted by Crippen LogP contribution is -1.93. The summed E-state index contributed by atoms with van der Waals surface area (Å²) in [7, 11) is 0. The maximum Gasteiger partial charge on any atom is 0.0708 e. The first kappa shape index (κ1) is 30.5. The van der Waals surface area contributed by atoms with Crippen molar-refractivity contribution in [2.75, 3.05) is 0 Å². The summed E-state index contributed by atoms with van der Waals surface area (Å²) in [6, 6.07) is 63.5. The Labute approximate surface area is 333 Å². The van der Waals surface area contributed by atoms with Crippen LogP contribution < -0.4 is 0 Å². The van der Waals surface area contributed by atoms with Crippen LogP contribution in [0.1, 0.15) is 0 Å². The molecule has 10 aromatic carbocycles. The first-order chi connectivity index (χ1) is 28.8. The molecule has 12 aromatic rings. The summed E-state index contributed by atoms with van der Waals surface area (Å²) in [6.45, 7) is 0. The Bertz CT molecular complexity index is 3580. The highest BCUT2D eigenvalue weighted by Gasteiger charge is 2.27. The quantitative estimate of drug-likeness (QED) is 0.166. The molecule has 2 heterocycles. The third-order valence-electron chi connectivity index (χ3n) is 13.2. The number of aromatic nitrogens is 2. The Morgan fingerprint density at radius 2 is 0.603 bits per heavy atom. The molecule has 2 aliphatic carbocycles. The van der Waals surface area contributed by atoms with Crippen LogP contribution in [0.3, 0.4) is 0 Å². The van der Waals surface area contributed by atoms with E-state index in [0.29, 0.717) is 0 Å². The Morgan fingerprint density at radius 1 is 0.224 bits per heavy atom. The minimum absolute atomic E-state index is 1.00. The fraction of sp³-hybridized carbons (Fsp3) is 0. The molecule has 2 nitrogen and oxygen atoms in total. The summed E-state index contributed by atoms with van der Waals surface area (Å²) < 4.78 is 0. The Kier molecular flexibility index (Phi) is 5.79. The lowest BCUT2D eigenvalue weighted by atomic mass is 9.84. The highest BCUT2D eigenvalue weighted by atomic mass is 14.6. The molecule has 0 atom stereocenters. The average Bonchev–Trinajstić information content (AvgIpc) is 3.77. The van der Waals surface area contributed by atoms with E-state index in [9.17, 15) is 0 Å². The second-order valence-electron chi connectivity index (χ2n) is 16.0. The van der Waals surface area contributed by atoms with Crippen LogP contribution in [0, 0.1) is 0 Å². The van der Waals surface area contributed by atoms with Crippen LogP contribution in [-0.2, 0) is 0 Å². The van der Waals surface area contributed by atoms with E-state index < -0.39 is 0 Å². The molecule has 0 fully saturated rings. The molecule has 0 N–H and O–H groups in total. The summed E-state index contributed by atoms with van der Waals surface area (Å²) in [5, 5.41) is 15.1. The van der Waals surface area contributed by atoms with Crippen molar-refractivity contribution < 1.29 is 0 Å². The van der Waals surface area contributed by atoms with Gasteiger partial charge in [0, 0.05) is 23.2 Å². The van der Waals surface area contributed by atoms with Gasteiger partial charge in [0.05, 0.1) is 11.0 Å². The van der Waals surface area contributed by atoms with Crippen LogP contribution in [-0.4, -0.2) is 9.97 Å². The van der Waals surface area contributed by atoms with Crippen LogP contribution in [0.15, 0.2) is 182 Å². The zero-order valence-electron chi connectivity index (χ0n) is 31.2. The molecule has 0 spiro atoms. The standard InChI is InChI=1S/C56H30N2/c1-2-20-53-35(13-1)34(22-24-58-53)42-26-50-49(52-30-46-40-18-6-12-32-10-4-16-38(56(32)40)44(46)28-48(42)52)25-41(33-14-7-21-54-36(33)19-8-23-57-54)47-27-43-37-15-3-9-31-11-5-17-39(55(31)37)45(43)29-51(47)50/h1-30H. The van der Waals surface area contributed by atoms with Gasteiger partial charge in [-0.15, -0.1) is 0 Å². The lowest BCUT2D eigenvalue weighted by molar-refractivity contribution is 1.41. The van der Waals surface area contributed by atoms with Gasteiger partial charge < -0.3 is 0 Å². The average molecular weight is 731 g/mol. The minimum atomic E-state index is 1.00. The second-order valence-corrected chi connectivity index (χ2v) is 16.0.